The third-order valence-corrected chi connectivity index (χ3v) is 4.44. The summed E-state index contributed by atoms with van der Waals surface area (Å²) in [5.74, 6) is -0.405. The van der Waals surface area contributed by atoms with Crippen LogP contribution < -0.4 is 10.6 Å². The highest BCUT2D eigenvalue weighted by Gasteiger charge is 2.40. The lowest BCUT2D eigenvalue weighted by atomic mass is 9.81. The molecule has 0 radical (unpaired) electrons. The van der Waals surface area contributed by atoms with Gasteiger partial charge in [0.1, 0.15) is 5.54 Å². The van der Waals surface area contributed by atoms with Gasteiger partial charge in [0.2, 0.25) is 5.91 Å². The molecule has 0 bridgehead atoms. The Bertz CT molecular complexity index is 332. The first kappa shape index (κ1) is 14.3. The van der Waals surface area contributed by atoms with Gasteiger partial charge in [0.05, 0.1) is 0 Å². The van der Waals surface area contributed by atoms with Crippen LogP contribution in [0.1, 0.15) is 51.4 Å². The fourth-order valence-corrected chi connectivity index (χ4v) is 3.17. The summed E-state index contributed by atoms with van der Waals surface area (Å²) >= 11 is 0. The third kappa shape index (κ3) is 3.69. The van der Waals surface area contributed by atoms with Crippen LogP contribution in [0.25, 0.3) is 0 Å². The molecular formula is C14H24N2O3. The zero-order valence-electron chi connectivity index (χ0n) is 11.4. The number of aliphatic carboxylic acids is 1. The molecule has 108 valence electrons. The molecule has 0 spiro atoms. The van der Waals surface area contributed by atoms with E-state index < -0.39 is 11.5 Å². The Morgan fingerprint density at radius 3 is 2.58 bits per heavy atom. The number of carboxylic acids is 1. The van der Waals surface area contributed by atoms with Crippen molar-refractivity contribution in [1.82, 2.24) is 10.6 Å². The fourth-order valence-electron chi connectivity index (χ4n) is 3.17. The van der Waals surface area contributed by atoms with E-state index in [2.05, 4.69) is 10.6 Å². The van der Waals surface area contributed by atoms with Crippen LogP contribution >= 0.6 is 0 Å². The van der Waals surface area contributed by atoms with Crippen LogP contribution in [-0.4, -0.2) is 35.6 Å². The number of hydrogen-bond acceptors (Lipinski definition) is 3. The number of carbonyl (C=O) groups excluding carboxylic acids is 1. The van der Waals surface area contributed by atoms with Crippen molar-refractivity contribution >= 4 is 11.9 Å². The number of carbonyl (C=O) groups is 2. The highest BCUT2D eigenvalue weighted by atomic mass is 16.4. The molecule has 2 fully saturated rings. The van der Waals surface area contributed by atoms with Gasteiger partial charge in [-0.1, -0.05) is 19.3 Å². The normalized spacial score (nSPS) is 26.0. The molecule has 5 heteroatoms. The molecule has 0 aromatic heterocycles. The maximum absolute atomic E-state index is 12.0. The van der Waals surface area contributed by atoms with E-state index in [1.807, 2.05) is 0 Å². The average molecular weight is 268 g/mol. The zero-order valence-corrected chi connectivity index (χ0v) is 11.4. The Hall–Kier alpha value is -1.10. The molecule has 0 aromatic carbocycles. The zero-order chi connectivity index (χ0) is 13.7. The van der Waals surface area contributed by atoms with Gasteiger partial charge in [-0.15, -0.1) is 0 Å². The highest BCUT2D eigenvalue weighted by molar-refractivity contribution is 5.87. The molecule has 1 unspecified atom stereocenters. The maximum Gasteiger partial charge on any atom is 0.329 e. The average Bonchev–Trinajstić information content (AvgIpc) is 2.90. The second-order valence-electron chi connectivity index (χ2n) is 5.89. The van der Waals surface area contributed by atoms with Crippen molar-refractivity contribution < 1.29 is 14.7 Å². The summed E-state index contributed by atoms with van der Waals surface area (Å²) in [6.07, 6.45) is 6.41. The van der Waals surface area contributed by atoms with Crippen molar-refractivity contribution in [1.29, 1.82) is 0 Å². The third-order valence-electron chi connectivity index (χ3n) is 4.44. The number of hydrogen-bond donors (Lipinski definition) is 3. The second-order valence-corrected chi connectivity index (χ2v) is 5.89. The maximum atomic E-state index is 12.0. The predicted molar refractivity (Wildman–Crippen MR) is 71.8 cm³/mol. The molecule has 1 amide bonds. The Balaban J connectivity index is 1.82. The van der Waals surface area contributed by atoms with Crippen molar-refractivity contribution in [2.75, 3.05) is 13.1 Å². The highest BCUT2D eigenvalue weighted by Crippen LogP contribution is 2.28. The number of carboxylic acid groups (broad SMARTS) is 1. The molecule has 19 heavy (non-hydrogen) atoms. The van der Waals surface area contributed by atoms with E-state index in [9.17, 15) is 14.7 Å². The first-order valence-electron chi connectivity index (χ1n) is 7.37. The molecule has 1 aliphatic carbocycles. The van der Waals surface area contributed by atoms with Gasteiger partial charge in [-0.25, -0.2) is 4.79 Å². The smallest absolute Gasteiger partial charge is 0.329 e. The van der Waals surface area contributed by atoms with Crippen LogP contribution in [0.5, 0.6) is 0 Å². The molecule has 1 atom stereocenters. The van der Waals surface area contributed by atoms with E-state index in [0.29, 0.717) is 25.2 Å². The number of nitrogens with one attached hydrogen (secondary N) is 2. The van der Waals surface area contributed by atoms with Crippen molar-refractivity contribution in [2.24, 2.45) is 5.92 Å². The van der Waals surface area contributed by atoms with Crippen LogP contribution in [0, 0.1) is 5.92 Å². The minimum Gasteiger partial charge on any atom is -0.480 e. The fraction of sp³-hybridized carbons (Fsp3) is 0.857. The number of amides is 1. The van der Waals surface area contributed by atoms with Gasteiger partial charge < -0.3 is 15.7 Å². The van der Waals surface area contributed by atoms with Gasteiger partial charge >= 0.3 is 5.97 Å². The topological polar surface area (TPSA) is 78.4 Å². The summed E-state index contributed by atoms with van der Waals surface area (Å²) in [5.41, 5.74) is -0.997. The van der Waals surface area contributed by atoms with E-state index in [1.165, 1.54) is 0 Å². The predicted octanol–water partition coefficient (Wildman–Crippen LogP) is 1.28. The van der Waals surface area contributed by atoms with Crippen LogP contribution in [0.4, 0.5) is 0 Å². The van der Waals surface area contributed by atoms with Crippen molar-refractivity contribution in [3.05, 3.63) is 0 Å². The lowest BCUT2D eigenvalue weighted by molar-refractivity contribution is -0.149. The summed E-state index contributed by atoms with van der Waals surface area (Å²) in [4.78, 5) is 23.4. The molecule has 1 aliphatic heterocycles. The lowest BCUT2D eigenvalue weighted by Crippen LogP contribution is -2.55. The van der Waals surface area contributed by atoms with Crippen molar-refractivity contribution in [3.8, 4) is 0 Å². The minimum atomic E-state index is -0.997. The number of rotatable bonds is 5. The molecule has 0 aromatic rings. The molecule has 2 aliphatic rings. The summed E-state index contributed by atoms with van der Waals surface area (Å²) in [6, 6.07) is 0. The van der Waals surface area contributed by atoms with Crippen molar-refractivity contribution in [2.45, 2.75) is 56.9 Å². The Morgan fingerprint density at radius 2 is 2.00 bits per heavy atom. The molecule has 1 saturated heterocycles. The Labute approximate surface area is 114 Å². The van der Waals surface area contributed by atoms with Crippen LogP contribution in [0.15, 0.2) is 0 Å². The minimum absolute atomic E-state index is 0.101. The van der Waals surface area contributed by atoms with Crippen LogP contribution in [-0.2, 0) is 9.59 Å². The van der Waals surface area contributed by atoms with E-state index in [4.69, 9.17) is 0 Å². The van der Waals surface area contributed by atoms with Crippen LogP contribution in [0.3, 0.4) is 0 Å². The van der Waals surface area contributed by atoms with E-state index in [-0.39, 0.29) is 5.91 Å². The summed E-state index contributed by atoms with van der Waals surface area (Å²) < 4.78 is 0. The first-order valence-corrected chi connectivity index (χ1v) is 7.37. The molecular weight excluding hydrogens is 244 g/mol. The molecule has 2 rings (SSSR count). The van der Waals surface area contributed by atoms with Gasteiger partial charge in [-0.2, -0.15) is 0 Å². The summed E-state index contributed by atoms with van der Waals surface area (Å²) in [5, 5.41) is 15.5. The van der Waals surface area contributed by atoms with Gasteiger partial charge in [0.15, 0.2) is 0 Å². The molecule has 3 N–H and O–H groups in total. The van der Waals surface area contributed by atoms with Gasteiger partial charge in [-0.3, -0.25) is 4.79 Å². The Morgan fingerprint density at radius 1 is 1.26 bits per heavy atom. The first-order chi connectivity index (χ1) is 9.12. The second kappa shape index (κ2) is 6.37. The summed E-state index contributed by atoms with van der Waals surface area (Å²) in [6.45, 7) is 2.02. The van der Waals surface area contributed by atoms with E-state index in [1.54, 1.807) is 0 Å². The summed E-state index contributed by atoms with van der Waals surface area (Å²) in [7, 11) is 0. The van der Waals surface area contributed by atoms with Crippen LogP contribution in [0.2, 0.25) is 0 Å². The SMILES string of the molecule is O=C(CCC1CCNC1)NC1(C(=O)O)CCCCC1. The Kier molecular flexibility index (Phi) is 4.80. The molecule has 1 heterocycles. The van der Waals surface area contributed by atoms with Crippen molar-refractivity contribution in [3.63, 3.8) is 0 Å². The largest absolute Gasteiger partial charge is 0.480 e. The van der Waals surface area contributed by atoms with Gasteiger partial charge in [0, 0.05) is 6.42 Å². The van der Waals surface area contributed by atoms with Gasteiger partial charge in [0.25, 0.3) is 0 Å². The lowest BCUT2D eigenvalue weighted by Gasteiger charge is -2.34. The molecule has 5 nitrogen and oxygen atoms in total. The quantitative estimate of drug-likeness (QED) is 0.702. The van der Waals surface area contributed by atoms with Gasteiger partial charge in [-0.05, 0) is 44.7 Å². The monoisotopic (exact) mass is 268 g/mol. The van der Waals surface area contributed by atoms with E-state index in [0.717, 1.165) is 45.2 Å². The molecule has 1 saturated carbocycles. The standard InChI is InChI=1S/C14H24N2O3/c17-12(5-4-11-6-9-15-10-11)16-14(13(18)19)7-2-1-3-8-14/h11,15H,1-10H2,(H,16,17)(H,18,19). The van der Waals surface area contributed by atoms with E-state index >= 15 is 0 Å².